The average Bonchev–Trinajstić information content (AvgIpc) is 2.16. The van der Waals surface area contributed by atoms with Crippen LogP contribution in [-0.4, -0.2) is 11.8 Å². The van der Waals surface area contributed by atoms with Crippen LogP contribution in [0.4, 0.5) is 4.39 Å². The number of thioether (sulfide) groups is 1. The van der Waals surface area contributed by atoms with Crippen molar-refractivity contribution in [3.63, 3.8) is 0 Å². The fourth-order valence-electron chi connectivity index (χ4n) is 1.70. The van der Waals surface area contributed by atoms with E-state index < -0.39 is 0 Å². The largest absolute Gasteiger partial charge is 0.310 e. The molecule has 0 aliphatic rings. The molecule has 1 rings (SSSR count). The van der Waals surface area contributed by atoms with Crippen LogP contribution in [0, 0.1) is 5.82 Å². The smallest absolute Gasteiger partial charge is 0.129 e. The number of nitrogens with one attached hydrogen (secondary N) is 1. The van der Waals surface area contributed by atoms with Crippen molar-refractivity contribution in [3.8, 4) is 0 Å². The van der Waals surface area contributed by atoms with Crippen LogP contribution in [0.1, 0.15) is 39.3 Å². The summed E-state index contributed by atoms with van der Waals surface area (Å²) in [5.74, 6) is -0.112. The van der Waals surface area contributed by atoms with Gasteiger partial charge < -0.3 is 5.32 Å². The molecule has 0 bridgehead atoms. The van der Waals surface area contributed by atoms with Crippen molar-refractivity contribution in [2.45, 2.75) is 43.9 Å². The minimum absolute atomic E-state index is 0.0625. The molecule has 1 aromatic carbocycles. The SMILES string of the molecule is CCNC(C)c1c(F)cccc1SC(C)C. The van der Waals surface area contributed by atoms with Crippen LogP contribution in [0.15, 0.2) is 23.1 Å². The Labute approximate surface area is 102 Å². The van der Waals surface area contributed by atoms with Gasteiger partial charge >= 0.3 is 0 Å². The molecule has 90 valence electrons. The van der Waals surface area contributed by atoms with Gasteiger partial charge in [-0.15, -0.1) is 11.8 Å². The molecule has 16 heavy (non-hydrogen) atoms. The molecule has 0 spiro atoms. The highest BCUT2D eigenvalue weighted by Crippen LogP contribution is 2.32. The van der Waals surface area contributed by atoms with Crippen molar-refractivity contribution in [2.24, 2.45) is 0 Å². The number of hydrogen-bond acceptors (Lipinski definition) is 2. The summed E-state index contributed by atoms with van der Waals surface area (Å²) in [6, 6.07) is 5.37. The maximum absolute atomic E-state index is 13.8. The van der Waals surface area contributed by atoms with E-state index in [0.717, 1.165) is 17.0 Å². The molecule has 1 atom stereocenters. The van der Waals surface area contributed by atoms with Gasteiger partial charge in [0.2, 0.25) is 0 Å². The second kappa shape index (κ2) is 6.26. The third-order valence-corrected chi connectivity index (χ3v) is 3.40. The van der Waals surface area contributed by atoms with Gasteiger partial charge in [0.15, 0.2) is 0 Å². The Kier molecular flexibility index (Phi) is 5.29. The first-order valence-electron chi connectivity index (χ1n) is 5.74. The molecule has 0 saturated carbocycles. The van der Waals surface area contributed by atoms with Crippen LogP contribution in [0.25, 0.3) is 0 Å². The molecule has 0 aromatic heterocycles. The first kappa shape index (κ1) is 13.5. The second-order valence-corrected chi connectivity index (χ2v) is 5.72. The highest BCUT2D eigenvalue weighted by Gasteiger charge is 2.15. The minimum atomic E-state index is -0.112. The van der Waals surface area contributed by atoms with E-state index in [-0.39, 0.29) is 11.9 Å². The van der Waals surface area contributed by atoms with E-state index in [4.69, 9.17) is 0 Å². The summed E-state index contributed by atoms with van der Waals surface area (Å²) in [7, 11) is 0. The first-order chi connectivity index (χ1) is 7.56. The van der Waals surface area contributed by atoms with E-state index in [1.807, 2.05) is 19.9 Å². The topological polar surface area (TPSA) is 12.0 Å². The molecule has 0 saturated heterocycles. The van der Waals surface area contributed by atoms with Crippen molar-refractivity contribution in [3.05, 3.63) is 29.6 Å². The van der Waals surface area contributed by atoms with Crippen LogP contribution in [0.3, 0.4) is 0 Å². The first-order valence-corrected chi connectivity index (χ1v) is 6.62. The number of hydrogen-bond donors (Lipinski definition) is 1. The van der Waals surface area contributed by atoms with Crippen molar-refractivity contribution in [1.29, 1.82) is 0 Å². The molecule has 1 nitrogen and oxygen atoms in total. The summed E-state index contributed by atoms with van der Waals surface area (Å²) < 4.78 is 13.8. The summed E-state index contributed by atoms with van der Waals surface area (Å²) in [4.78, 5) is 1.04. The summed E-state index contributed by atoms with van der Waals surface area (Å²) in [5.41, 5.74) is 0.794. The molecule has 0 radical (unpaired) electrons. The van der Waals surface area contributed by atoms with Crippen LogP contribution in [-0.2, 0) is 0 Å². The van der Waals surface area contributed by atoms with E-state index in [9.17, 15) is 4.39 Å². The Bertz CT molecular complexity index is 339. The standard InChI is InChI=1S/C13H20FNS/c1-5-15-10(4)13-11(14)7-6-8-12(13)16-9(2)3/h6-10,15H,5H2,1-4H3. The Hall–Kier alpha value is -0.540. The average molecular weight is 241 g/mol. The molecule has 0 amide bonds. The van der Waals surface area contributed by atoms with Gasteiger partial charge in [0.1, 0.15) is 5.82 Å². The molecule has 3 heteroatoms. The third kappa shape index (κ3) is 3.49. The van der Waals surface area contributed by atoms with Crippen LogP contribution in [0.2, 0.25) is 0 Å². The lowest BCUT2D eigenvalue weighted by Gasteiger charge is -2.18. The van der Waals surface area contributed by atoms with Gasteiger partial charge in [-0.2, -0.15) is 0 Å². The Morgan fingerprint density at radius 2 is 2.00 bits per heavy atom. The van der Waals surface area contributed by atoms with E-state index in [1.165, 1.54) is 6.07 Å². The zero-order valence-electron chi connectivity index (χ0n) is 10.4. The fraction of sp³-hybridized carbons (Fsp3) is 0.538. The quantitative estimate of drug-likeness (QED) is 0.782. The highest BCUT2D eigenvalue weighted by atomic mass is 32.2. The third-order valence-electron chi connectivity index (χ3n) is 2.32. The predicted octanol–water partition coefficient (Wildman–Crippen LogP) is 4.00. The number of rotatable bonds is 5. The fourth-order valence-corrected chi connectivity index (χ4v) is 2.77. The Morgan fingerprint density at radius 3 is 2.56 bits per heavy atom. The second-order valence-electron chi connectivity index (χ2n) is 4.10. The number of benzene rings is 1. The molecular weight excluding hydrogens is 221 g/mol. The lowest BCUT2D eigenvalue weighted by Crippen LogP contribution is -2.19. The molecule has 0 aliphatic carbocycles. The lowest BCUT2D eigenvalue weighted by atomic mass is 10.1. The van der Waals surface area contributed by atoms with Crippen LogP contribution < -0.4 is 5.32 Å². The van der Waals surface area contributed by atoms with Crippen LogP contribution >= 0.6 is 11.8 Å². The number of halogens is 1. The monoisotopic (exact) mass is 241 g/mol. The van der Waals surface area contributed by atoms with Crippen LogP contribution in [0.5, 0.6) is 0 Å². The molecule has 0 aliphatic heterocycles. The predicted molar refractivity (Wildman–Crippen MR) is 69.5 cm³/mol. The molecule has 0 fully saturated rings. The van der Waals surface area contributed by atoms with Gasteiger partial charge in [-0.25, -0.2) is 4.39 Å². The van der Waals surface area contributed by atoms with Gasteiger partial charge in [0, 0.05) is 21.8 Å². The summed E-state index contributed by atoms with van der Waals surface area (Å²) >= 11 is 1.71. The molecule has 1 unspecified atom stereocenters. The van der Waals surface area contributed by atoms with Crippen molar-refractivity contribution in [1.82, 2.24) is 5.32 Å². The van der Waals surface area contributed by atoms with Crippen molar-refractivity contribution < 1.29 is 4.39 Å². The zero-order valence-corrected chi connectivity index (χ0v) is 11.2. The van der Waals surface area contributed by atoms with Gasteiger partial charge in [0.05, 0.1) is 0 Å². The summed E-state index contributed by atoms with van der Waals surface area (Å²) in [6.07, 6.45) is 0. The zero-order chi connectivity index (χ0) is 12.1. The van der Waals surface area contributed by atoms with E-state index in [2.05, 4.69) is 19.2 Å². The van der Waals surface area contributed by atoms with Crippen molar-refractivity contribution >= 4 is 11.8 Å². The summed E-state index contributed by atoms with van der Waals surface area (Å²) in [6.45, 7) is 9.13. The molecule has 0 heterocycles. The Balaban J connectivity index is 3.02. The van der Waals surface area contributed by atoms with Gasteiger partial charge in [-0.3, -0.25) is 0 Å². The lowest BCUT2D eigenvalue weighted by molar-refractivity contribution is 0.531. The normalized spacial score (nSPS) is 13.1. The van der Waals surface area contributed by atoms with E-state index >= 15 is 0 Å². The van der Waals surface area contributed by atoms with E-state index in [0.29, 0.717) is 5.25 Å². The molecular formula is C13H20FNS. The van der Waals surface area contributed by atoms with E-state index in [1.54, 1.807) is 17.8 Å². The maximum Gasteiger partial charge on any atom is 0.129 e. The highest BCUT2D eigenvalue weighted by molar-refractivity contribution is 8.00. The van der Waals surface area contributed by atoms with Crippen molar-refractivity contribution in [2.75, 3.05) is 6.54 Å². The minimum Gasteiger partial charge on any atom is -0.310 e. The van der Waals surface area contributed by atoms with Gasteiger partial charge in [-0.1, -0.05) is 26.8 Å². The van der Waals surface area contributed by atoms with Gasteiger partial charge in [-0.05, 0) is 25.6 Å². The maximum atomic E-state index is 13.8. The van der Waals surface area contributed by atoms with Gasteiger partial charge in [0.25, 0.3) is 0 Å². The molecule has 1 aromatic rings. The Morgan fingerprint density at radius 1 is 1.31 bits per heavy atom. The molecule has 1 N–H and O–H groups in total. The summed E-state index contributed by atoms with van der Waals surface area (Å²) in [5, 5.41) is 3.73.